The van der Waals surface area contributed by atoms with Crippen molar-refractivity contribution in [1.29, 1.82) is 0 Å². The van der Waals surface area contributed by atoms with Crippen molar-refractivity contribution in [2.45, 2.75) is 12.3 Å². The zero-order valence-electron chi connectivity index (χ0n) is 12.4. The molecule has 2 aromatic rings. The summed E-state index contributed by atoms with van der Waals surface area (Å²) in [5.74, 6) is -0.858. The van der Waals surface area contributed by atoms with Crippen molar-refractivity contribution in [2.75, 3.05) is 14.2 Å². The van der Waals surface area contributed by atoms with E-state index < -0.39 is 11.9 Å². The van der Waals surface area contributed by atoms with E-state index in [4.69, 9.17) is 32.7 Å². The van der Waals surface area contributed by atoms with E-state index in [0.717, 1.165) is 0 Å². The molecule has 1 atom stereocenters. The van der Waals surface area contributed by atoms with Gasteiger partial charge in [0.05, 0.1) is 20.1 Å². The molecule has 0 bridgehead atoms. The van der Waals surface area contributed by atoms with Gasteiger partial charge in [0.15, 0.2) is 11.5 Å². The van der Waals surface area contributed by atoms with Crippen LogP contribution < -0.4 is 9.47 Å². The highest BCUT2D eigenvalue weighted by atomic mass is 35.5. The van der Waals surface area contributed by atoms with Crippen LogP contribution in [0.2, 0.25) is 10.4 Å². The Labute approximate surface area is 143 Å². The first-order chi connectivity index (χ1) is 11.0. The molecule has 0 radical (unpaired) electrons. The average Bonchev–Trinajstić information content (AvgIpc) is 2.53. The maximum Gasteiger partial charge on any atom is 0.311 e. The van der Waals surface area contributed by atoms with Gasteiger partial charge in [0.1, 0.15) is 5.15 Å². The minimum atomic E-state index is -0.997. The van der Waals surface area contributed by atoms with Crippen LogP contribution in [-0.4, -0.2) is 35.3 Å². The monoisotopic (exact) mass is 356 g/mol. The fourth-order valence-electron chi connectivity index (χ4n) is 2.14. The summed E-state index contributed by atoms with van der Waals surface area (Å²) in [5, 5.41) is 9.69. The molecular weight excluding hydrogens is 343 g/mol. The summed E-state index contributed by atoms with van der Waals surface area (Å²) in [4.78, 5) is 19.3. The molecule has 122 valence electrons. The number of benzene rings is 1. The largest absolute Gasteiger partial charge is 0.493 e. The molecule has 0 saturated carbocycles. The number of aliphatic carboxylic acids is 1. The first-order valence-corrected chi connectivity index (χ1v) is 7.33. The lowest BCUT2D eigenvalue weighted by molar-refractivity contribution is -0.138. The summed E-state index contributed by atoms with van der Waals surface area (Å²) < 4.78 is 10.4. The summed E-state index contributed by atoms with van der Waals surface area (Å²) in [6, 6.07) is 4.96. The highest BCUT2D eigenvalue weighted by molar-refractivity contribution is 6.32. The van der Waals surface area contributed by atoms with E-state index in [-0.39, 0.29) is 16.9 Å². The van der Waals surface area contributed by atoms with Crippen molar-refractivity contribution in [2.24, 2.45) is 0 Å². The van der Waals surface area contributed by atoms with Crippen molar-refractivity contribution in [3.05, 3.63) is 46.0 Å². The van der Waals surface area contributed by atoms with E-state index in [2.05, 4.69) is 9.97 Å². The van der Waals surface area contributed by atoms with Crippen molar-refractivity contribution in [1.82, 2.24) is 9.97 Å². The number of aromatic nitrogens is 2. The molecule has 0 fully saturated rings. The predicted molar refractivity (Wildman–Crippen MR) is 85.7 cm³/mol. The summed E-state index contributed by atoms with van der Waals surface area (Å²) in [7, 11) is 3.00. The van der Waals surface area contributed by atoms with Gasteiger partial charge in [-0.15, -0.1) is 0 Å². The van der Waals surface area contributed by atoms with Crippen LogP contribution in [0.15, 0.2) is 24.4 Å². The first-order valence-electron chi connectivity index (χ1n) is 6.58. The number of halogens is 2. The zero-order valence-corrected chi connectivity index (χ0v) is 13.9. The lowest BCUT2D eigenvalue weighted by Crippen LogP contribution is -2.15. The number of methoxy groups -OCH3 is 2. The molecule has 0 spiro atoms. The Kier molecular flexibility index (Phi) is 5.63. The van der Waals surface area contributed by atoms with Gasteiger partial charge in [0, 0.05) is 11.8 Å². The standard InChI is InChI=1S/C15H14Cl2N2O4/c1-22-11-4-3-8(6-12(11)23-2)10(14(20)21)5-9-7-18-15(17)19-13(9)16/h3-4,6-7,10H,5H2,1-2H3,(H,20,21). The molecule has 0 aliphatic heterocycles. The number of ether oxygens (including phenoxy) is 2. The fraction of sp³-hybridized carbons (Fsp3) is 0.267. The van der Waals surface area contributed by atoms with Crippen LogP contribution >= 0.6 is 23.2 Å². The Morgan fingerprint density at radius 2 is 1.96 bits per heavy atom. The van der Waals surface area contributed by atoms with Crippen LogP contribution in [0.4, 0.5) is 0 Å². The van der Waals surface area contributed by atoms with Crippen LogP contribution in [-0.2, 0) is 11.2 Å². The van der Waals surface area contributed by atoms with Crippen LogP contribution in [0.25, 0.3) is 0 Å². The SMILES string of the molecule is COc1ccc(C(Cc2cnc(Cl)nc2Cl)C(=O)O)cc1OC. The number of rotatable bonds is 6. The van der Waals surface area contributed by atoms with Gasteiger partial charge in [0.2, 0.25) is 5.28 Å². The van der Waals surface area contributed by atoms with Gasteiger partial charge in [-0.1, -0.05) is 17.7 Å². The number of carboxylic acid groups (broad SMARTS) is 1. The Hall–Kier alpha value is -2.05. The van der Waals surface area contributed by atoms with E-state index in [1.165, 1.54) is 20.4 Å². The second-order valence-corrected chi connectivity index (χ2v) is 5.36. The number of hydrogen-bond donors (Lipinski definition) is 1. The third kappa shape index (κ3) is 4.03. The van der Waals surface area contributed by atoms with E-state index in [9.17, 15) is 9.90 Å². The molecule has 1 N–H and O–H groups in total. The fourth-order valence-corrected chi connectivity index (χ4v) is 2.52. The summed E-state index contributed by atoms with van der Waals surface area (Å²) in [6.07, 6.45) is 1.55. The van der Waals surface area contributed by atoms with Crippen molar-refractivity contribution in [3.63, 3.8) is 0 Å². The maximum absolute atomic E-state index is 11.7. The number of hydrogen-bond acceptors (Lipinski definition) is 5. The normalized spacial score (nSPS) is 11.8. The third-order valence-corrected chi connectivity index (χ3v) is 3.82. The van der Waals surface area contributed by atoms with E-state index >= 15 is 0 Å². The van der Waals surface area contributed by atoms with Crippen molar-refractivity contribution < 1.29 is 19.4 Å². The van der Waals surface area contributed by atoms with Crippen LogP contribution in [0, 0.1) is 0 Å². The molecule has 2 rings (SSSR count). The van der Waals surface area contributed by atoms with Gasteiger partial charge in [-0.25, -0.2) is 9.97 Å². The van der Waals surface area contributed by atoms with E-state index in [1.807, 2.05) is 0 Å². The average molecular weight is 357 g/mol. The summed E-state index contributed by atoms with van der Waals surface area (Å²) >= 11 is 11.7. The van der Waals surface area contributed by atoms with Crippen LogP contribution in [0.1, 0.15) is 17.0 Å². The molecule has 1 unspecified atom stereocenters. The Morgan fingerprint density at radius 1 is 1.26 bits per heavy atom. The number of carbonyl (C=O) groups is 1. The predicted octanol–water partition coefficient (Wildman–Crippen LogP) is 3.21. The molecule has 0 amide bonds. The van der Waals surface area contributed by atoms with Crippen LogP contribution in [0.3, 0.4) is 0 Å². The van der Waals surface area contributed by atoms with Gasteiger partial charge in [-0.2, -0.15) is 0 Å². The Balaban J connectivity index is 2.37. The molecule has 1 heterocycles. The molecule has 6 nitrogen and oxygen atoms in total. The smallest absolute Gasteiger partial charge is 0.311 e. The highest BCUT2D eigenvalue weighted by Gasteiger charge is 2.23. The van der Waals surface area contributed by atoms with Crippen molar-refractivity contribution in [3.8, 4) is 11.5 Å². The molecule has 1 aromatic carbocycles. The van der Waals surface area contributed by atoms with Crippen molar-refractivity contribution >= 4 is 29.2 Å². The number of carboxylic acids is 1. The molecule has 0 aliphatic rings. The van der Waals surface area contributed by atoms with Gasteiger partial charge in [-0.3, -0.25) is 4.79 Å². The van der Waals surface area contributed by atoms with Gasteiger partial charge < -0.3 is 14.6 Å². The van der Waals surface area contributed by atoms with Gasteiger partial charge in [-0.05, 0) is 35.7 Å². The highest BCUT2D eigenvalue weighted by Crippen LogP contribution is 2.32. The summed E-state index contributed by atoms with van der Waals surface area (Å²) in [6.45, 7) is 0. The van der Waals surface area contributed by atoms with E-state index in [1.54, 1.807) is 18.2 Å². The second-order valence-electron chi connectivity index (χ2n) is 4.66. The minimum Gasteiger partial charge on any atom is -0.493 e. The molecule has 8 heteroatoms. The second kappa shape index (κ2) is 7.48. The maximum atomic E-state index is 11.7. The first kappa shape index (κ1) is 17.3. The molecule has 0 aliphatic carbocycles. The zero-order chi connectivity index (χ0) is 17.0. The van der Waals surface area contributed by atoms with Crippen LogP contribution in [0.5, 0.6) is 11.5 Å². The quantitative estimate of drug-likeness (QED) is 0.632. The lowest BCUT2D eigenvalue weighted by atomic mass is 9.93. The van der Waals surface area contributed by atoms with Gasteiger partial charge in [0.25, 0.3) is 0 Å². The minimum absolute atomic E-state index is 0.0109. The van der Waals surface area contributed by atoms with Gasteiger partial charge >= 0.3 is 5.97 Å². The lowest BCUT2D eigenvalue weighted by Gasteiger charge is -2.16. The number of nitrogens with zero attached hydrogens (tertiary/aromatic N) is 2. The van der Waals surface area contributed by atoms with E-state index in [0.29, 0.717) is 22.6 Å². The Morgan fingerprint density at radius 3 is 2.52 bits per heavy atom. The molecule has 23 heavy (non-hydrogen) atoms. The molecule has 1 aromatic heterocycles. The summed E-state index contributed by atoms with van der Waals surface area (Å²) in [5.41, 5.74) is 1.06. The Bertz CT molecular complexity index is 725. The molecule has 0 saturated heterocycles. The molecular formula is C15H14Cl2N2O4. The third-order valence-electron chi connectivity index (χ3n) is 3.31. The topological polar surface area (TPSA) is 81.5 Å².